The van der Waals surface area contributed by atoms with E-state index in [1.54, 1.807) is 12.1 Å². The van der Waals surface area contributed by atoms with E-state index in [1.165, 1.54) is 12.1 Å². The maximum absolute atomic E-state index is 13.0. The molecule has 0 radical (unpaired) electrons. The van der Waals surface area contributed by atoms with Crippen molar-refractivity contribution in [1.29, 1.82) is 0 Å². The lowest BCUT2D eigenvalue weighted by molar-refractivity contribution is -0.132. The summed E-state index contributed by atoms with van der Waals surface area (Å²) >= 11 is 6.02. The minimum Gasteiger partial charge on any atom is -0.460 e. The van der Waals surface area contributed by atoms with Crippen molar-refractivity contribution in [2.45, 2.75) is 13.0 Å². The third-order valence-corrected chi connectivity index (χ3v) is 5.14. The van der Waals surface area contributed by atoms with E-state index in [0.717, 1.165) is 35.4 Å². The first-order valence-electron chi connectivity index (χ1n) is 8.99. The molecule has 1 aromatic heterocycles. The summed E-state index contributed by atoms with van der Waals surface area (Å²) in [6.45, 7) is 3.68. The second kappa shape index (κ2) is 7.71. The standard InChI is InChI=1S/C21H20ClFN2O2/c22-17-3-6-20-16(12-17)13-19(27-20)14-24-7-9-25(10-8-24)21(26)11-15-1-4-18(23)5-2-15/h1-6,12-13H,7-11,14H2. The number of rotatable bonds is 4. The second-order valence-electron chi connectivity index (χ2n) is 6.86. The summed E-state index contributed by atoms with van der Waals surface area (Å²) in [7, 11) is 0. The van der Waals surface area contributed by atoms with Gasteiger partial charge in [0.2, 0.25) is 5.91 Å². The lowest BCUT2D eigenvalue weighted by Gasteiger charge is -2.34. The Balaban J connectivity index is 1.31. The molecule has 2 aromatic carbocycles. The molecule has 1 amide bonds. The van der Waals surface area contributed by atoms with Gasteiger partial charge in [-0.1, -0.05) is 23.7 Å². The maximum atomic E-state index is 13.0. The number of amides is 1. The van der Waals surface area contributed by atoms with E-state index in [0.29, 0.717) is 31.1 Å². The Morgan fingerprint density at radius 3 is 2.52 bits per heavy atom. The molecule has 6 heteroatoms. The average Bonchev–Trinajstić information content (AvgIpc) is 3.05. The van der Waals surface area contributed by atoms with Gasteiger partial charge in [-0.25, -0.2) is 4.39 Å². The summed E-state index contributed by atoms with van der Waals surface area (Å²) in [6.07, 6.45) is 0.310. The molecule has 2 heterocycles. The first-order chi connectivity index (χ1) is 13.1. The molecular weight excluding hydrogens is 367 g/mol. The van der Waals surface area contributed by atoms with Crippen LogP contribution in [0.1, 0.15) is 11.3 Å². The minimum atomic E-state index is -0.285. The molecule has 0 bridgehead atoms. The summed E-state index contributed by atoms with van der Waals surface area (Å²) in [5.74, 6) is 0.700. The summed E-state index contributed by atoms with van der Waals surface area (Å²) < 4.78 is 18.9. The highest BCUT2D eigenvalue weighted by Gasteiger charge is 2.22. The smallest absolute Gasteiger partial charge is 0.227 e. The molecule has 4 rings (SSSR count). The van der Waals surface area contributed by atoms with E-state index in [-0.39, 0.29) is 11.7 Å². The van der Waals surface area contributed by atoms with Crippen molar-refractivity contribution >= 4 is 28.5 Å². The zero-order chi connectivity index (χ0) is 18.8. The fraction of sp³-hybridized carbons (Fsp3) is 0.286. The van der Waals surface area contributed by atoms with Gasteiger partial charge in [0.15, 0.2) is 0 Å². The fourth-order valence-electron chi connectivity index (χ4n) is 3.41. The fourth-order valence-corrected chi connectivity index (χ4v) is 3.59. The highest BCUT2D eigenvalue weighted by Crippen LogP contribution is 2.24. The molecule has 0 atom stereocenters. The number of nitrogens with zero attached hydrogens (tertiary/aromatic N) is 2. The molecule has 0 N–H and O–H groups in total. The van der Waals surface area contributed by atoms with Crippen molar-refractivity contribution in [1.82, 2.24) is 9.80 Å². The molecule has 0 aliphatic carbocycles. The maximum Gasteiger partial charge on any atom is 0.227 e. The summed E-state index contributed by atoms with van der Waals surface area (Å²) in [6, 6.07) is 13.7. The molecule has 27 heavy (non-hydrogen) atoms. The number of benzene rings is 2. The Kier molecular flexibility index (Phi) is 5.14. The monoisotopic (exact) mass is 386 g/mol. The molecule has 0 unspecified atom stereocenters. The van der Waals surface area contributed by atoms with E-state index in [9.17, 15) is 9.18 Å². The lowest BCUT2D eigenvalue weighted by Crippen LogP contribution is -2.48. The number of halogens is 2. The van der Waals surface area contributed by atoms with Crippen LogP contribution in [0.5, 0.6) is 0 Å². The van der Waals surface area contributed by atoms with Crippen molar-refractivity contribution in [2.24, 2.45) is 0 Å². The van der Waals surface area contributed by atoms with E-state index in [1.807, 2.05) is 29.2 Å². The molecule has 0 saturated carbocycles. The van der Waals surface area contributed by atoms with Gasteiger partial charge >= 0.3 is 0 Å². The number of hydrogen-bond acceptors (Lipinski definition) is 3. The van der Waals surface area contributed by atoms with Gasteiger partial charge in [-0.05, 0) is 42.0 Å². The van der Waals surface area contributed by atoms with Crippen LogP contribution in [0.4, 0.5) is 4.39 Å². The van der Waals surface area contributed by atoms with E-state index < -0.39 is 0 Å². The Bertz CT molecular complexity index is 946. The SMILES string of the molecule is O=C(Cc1ccc(F)cc1)N1CCN(Cc2cc3cc(Cl)ccc3o2)CC1. The quantitative estimate of drug-likeness (QED) is 0.677. The highest BCUT2D eigenvalue weighted by molar-refractivity contribution is 6.31. The van der Waals surface area contributed by atoms with Gasteiger partial charge in [0.1, 0.15) is 17.2 Å². The van der Waals surface area contributed by atoms with E-state index in [2.05, 4.69) is 4.90 Å². The largest absolute Gasteiger partial charge is 0.460 e. The Hall–Kier alpha value is -2.37. The number of carbonyl (C=O) groups is 1. The van der Waals surface area contributed by atoms with Crippen LogP contribution in [0.2, 0.25) is 5.02 Å². The van der Waals surface area contributed by atoms with Crippen molar-refractivity contribution in [3.63, 3.8) is 0 Å². The van der Waals surface area contributed by atoms with Crippen molar-refractivity contribution < 1.29 is 13.6 Å². The van der Waals surface area contributed by atoms with Gasteiger partial charge in [-0.15, -0.1) is 0 Å². The van der Waals surface area contributed by atoms with Crippen molar-refractivity contribution in [3.05, 3.63) is 70.7 Å². The molecule has 4 nitrogen and oxygen atoms in total. The third kappa shape index (κ3) is 4.31. The lowest BCUT2D eigenvalue weighted by atomic mass is 10.1. The van der Waals surface area contributed by atoms with Crippen LogP contribution in [-0.4, -0.2) is 41.9 Å². The number of furan rings is 1. The van der Waals surface area contributed by atoms with Crippen LogP contribution in [-0.2, 0) is 17.8 Å². The Labute approximate surface area is 162 Å². The number of carbonyl (C=O) groups excluding carboxylic acids is 1. The van der Waals surface area contributed by atoms with Gasteiger partial charge in [0.05, 0.1) is 13.0 Å². The summed E-state index contributed by atoms with van der Waals surface area (Å²) in [4.78, 5) is 16.6. The highest BCUT2D eigenvalue weighted by atomic mass is 35.5. The predicted octanol–water partition coefficient (Wildman–Crippen LogP) is 4.11. The second-order valence-corrected chi connectivity index (χ2v) is 7.29. The minimum absolute atomic E-state index is 0.0830. The van der Waals surface area contributed by atoms with Crippen LogP contribution in [0.25, 0.3) is 11.0 Å². The van der Waals surface area contributed by atoms with Gasteiger partial charge in [-0.3, -0.25) is 9.69 Å². The normalized spacial score (nSPS) is 15.4. The zero-order valence-corrected chi connectivity index (χ0v) is 15.6. The third-order valence-electron chi connectivity index (χ3n) is 4.90. The Morgan fingerprint density at radius 1 is 1.04 bits per heavy atom. The van der Waals surface area contributed by atoms with Crippen LogP contribution < -0.4 is 0 Å². The molecule has 1 aliphatic heterocycles. The van der Waals surface area contributed by atoms with Crippen molar-refractivity contribution in [2.75, 3.05) is 26.2 Å². The zero-order valence-electron chi connectivity index (χ0n) is 14.8. The molecule has 0 spiro atoms. The molecule has 3 aromatic rings. The summed E-state index contributed by atoms with van der Waals surface area (Å²) in [5, 5.41) is 1.70. The van der Waals surface area contributed by atoms with Gasteiger partial charge in [-0.2, -0.15) is 0 Å². The van der Waals surface area contributed by atoms with Crippen LogP contribution >= 0.6 is 11.6 Å². The molecule has 1 aliphatic rings. The summed E-state index contributed by atoms with van der Waals surface area (Å²) in [5.41, 5.74) is 1.67. The predicted molar refractivity (Wildman–Crippen MR) is 103 cm³/mol. The Morgan fingerprint density at radius 2 is 1.78 bits per heavy atom. The first kappa shape index (κ1) is 18.0. The molecule has 140 valence electrons. The van der Waals surface area contributed by atoms with Gasteiger partial charge in [0, 0.05) is 36.6 Å². The number of hydrogen-bond donors (Lipinski definition) is 0. The van der Waals surface area contributed by atoms with E-state index >= 15 is 0 Å². The van der Waals surface area contributed by atoms with E-state index in [4.69, 9.17) is 16.0 Å². The van der Waals surface area contributed by atoms with Crippen LogP contribution in [0.15, 0.2) is 52.9 Å². The molecular formula is C21H20ClFN2O2. The topological polar surface area (TPSA) is 36.7 Å². The first-order valence-corrected chi connectivity index (χ1v) is 9.37. The molecule has 1 fully saturated rings. The van der Waals surface area contributed by atoms with Gasteiger partial charge < -0.3 is 9.32 Å². The number of fused-ring (bicyclic) bond motifs is 1. The van der Waals surface area contributed by atoms with Gasteiger partial charge in [0.25, 0.3) is 0 Å². The van der Waals surface area contributed by atoms with Crippen molar-refractivity contribution in [3.8, 4) is 0 Å². The average molecular weight is 387 g/mol. The number of piperazine rings is 1. The van der Waals surface area contributed by atoms with Crippen LogP contribution in [0.3, 0.4) is 0 Å². The van der Waals surface area contributed by atoms with Crippen LogP contribution in [0, 0.1) is 5.82 Å². The molecule has 1 saturated heterocycles.